The van der Waals surface area contributed by atoms with Gasteiger partial charge in [0.05, 0.1) is 6.26 Å². The molecule has 0 aliphatic rings. The molecule has 4 rings (SSSR count). The number of hydrogen-bond donors (Lipinski definition) is 3. The molecule has 0 saturated heterocycles. The van der Waals surface area contributed by atoms with E-state index in [0.717, 1.165) is 28.8 Å². The van der Waals surface area contributed by atoms with Gasteiger partial charge in [0.25, 0.3) is 5.91 Å². The summed E-state index contributed by atoms with van der Waals surface area (Å²) in [5.74, 6) is -0.0865. The van der Waals surface area contributed by atoms with Gasteiger partial charge < -0.3 is 25.3 Å². The Labute approximate surface area is 211 Å². The van der Waals surface area contributed by atoms with Crippen LogP contribution in [-0.2, 0) is 19.6 Å². The predicted molar refractivity (Wildman–Crippen MR) is 141 cm³/mol. The van der Waals surface area contributed by atoms with Crippen molar-refractivity contribution in [1.29, 1.82) is 0 Å². The van der Waals surface area contributed by atoms with Gasteiger partial charge in [-0.2, -0.15) is 0 Å². The molecule has 1 heterocycles. The van der Waals surface area contributed by atoms with E-state index in [4.69, 9.17) is 4.42 Å². The van der Waals surface area contributed by atoms with Gasteiger partial charge in [-0.1, -0.05) is 60.7 Å². The van der Waals surface area contributed by atoms with Crippen LogP contribution in [0.15, 0.2) is 95.6 Å². The summed E-state index contributed by atoms with van der Waals surface area (Å²) in [6, 6.07) is 26.9. The van der Waals surface area contributed by atoms with Gasteiger partial charge >= 0.3 is 6.03 Å². The van der Waals surface area contributed by atoms with Crippen LogP contribution in [0.3, 0.4) is 0 Å². The van der Waals surface area contributed by atoms with Gasteiger partial charge in [0, 0.05) is 25.3 Å². The molecule has 0 radical (unpaired) electrons. The normalized spacial score (nSPS) is 10.8. The fraction of sp³-hybridized carbons (Fsp3) is 0.172. The molecule has 0 atom stereocenters. The largest absolute Gasteiger partial charge is 0.459 e. The molecule has 3 amide bonds. The van der Waals surface area contributed by atoms with Crippen molar-refractivity contribution in [3.05, 3.63) is 114 Å². The van der Waals surface area contributed by atoms with E-state index in [1.165, 1.54) is 11.8 Å². The quantitative estimate of drug-likeness (QED) is 0.304. The van der Waals surface area contributed by atoms with Crippen molar-refractivity contribution < 1.29 is 14.0 Å². The van der Waals surface area contributed by atoms with E-state index in [1.54, 1.807) is 18.2 Å². The molecular weight excluding hydrogens is 452 g/mol. The Kier molecular flexibility index (Phi) is 8.16. The number of furan rings is 1. The smallest absolute Gasteiger partial charge is 0.315 e. The van der Waals surface area contributed by atoms with Crippen LogP contribution in [0.1, 0.15) is 27.2 Å². The molecular formula is C29H30N4O3. The van der Waals surface area contributed by atoms with Gasteiger partial charge in [0.1, 0.15) is 0 Å². The molecule has 0 aliphatic carbocycles. The Morgan fingerprint density at radius 1 is 0.806 bits per heavy atom. The highest BCUT2D eigenvalue weighted by Gasteiger charge is 2.10. The molecule has 4 aromatic rings. The molecule has 184 valence electrons. The lowest BCUT2D eigenvalue weighted by Crippen LogP contribution is -2.34. The number of amides is 3. The molecule has 7 nitrogen and oxygen atoms in total. The van der Waals surface area contributed by atoms with Crippen molar-refractivity contribution in [2.24, 2.45) is 0 Å². The lowest BCUT2D eigenvalue weighted by atomic mass is 9.98. The first-order valence-corrected chi connectivity index (χ1v) is 11.8. The third-order valence-corrected chi connectivity index (χ3v) is 5.60. The van der Waals surface area contributed by atoms with Crippen LogP contribution >= 0.6 is 0 Å². The van der Waals surface area contributed by atoms with E-state index < -0.39 is 0 Å². The van der Waals surface area contributed by atoms with Gasteiger partial charge in [-0.25, -0.2) is 4.79 Å². The van der Waals surface area contributed by atoms with Crippen LogP contribution in [0.4, 0.5) is 10.5 Å². The number of carbonyl (C=O) groups excluding carboxylic acids is 2. The summed E-state index contributed by atoms with van der Waals surface area (Å²) in [7, 11) is 4.11. The van der Waals surface area contributed by atoms with E-state index in [9.17, 15) is 9.59 Å². The summed E-state index contributed by atoms with van der Waals surface area (Å²) in [5.41, 5.74) is 5.99. The highest BCUT2D eigenvalue weighted by atomic mass is 16.3. The molecule has 1 aromatic heterocycles. The summed E-state index contributed by atoms with van der Waals surface area (Å²) < 4.78 is 5.12. The molecule has 0 unspecified atom stereocenters. The average molecular weight is 483 g/mol. The van der Waals surface area contributed by atoms with Crippen LogP contribution in [-0.4, -0.2) is 30.9 Å². The number of benzene rings is 3. The summed E-state index contributed by atoms with van der Waals surface area (Å²) in [6.07, 6.45) is 1.45. The average Bonchev–Trinajstić information content (AvgIpc) is 3.42. The Morgan fingerprint density at radius 3 is 2.33 bits per heavy atom. The molecule has 0 spiro atoms. The van der Waals surface area contributed by atoms with Gasteiger partial charge in [-0.3, -0.25) is 4.79 Å². The number of hydrogen-bond acceptors (Lipinski definition) is 4. The second-order valence-corrected chi connectivity index (χ2v) is 8.76. The van der Waals surface area contributed by atoms with Gasteiger partial charge in [0.15, 0.2) is 5.76 Å². The summed E-state index contributed by atoms with van der Waals surface area (Å²) in [6.45, 7) is 1.62. The van der Waals surface area contributed by atoms with Gasteiger partial charge in [-0.05, 0) is 66.2 Å². The van der Waals surface area contributed by atoms with E-state index in [2.05, 4.69) is 65.3 Å². The molecule has 3 N–H and O–H groups in total. The topological polar surface area (TPSA) is 86.6 Å². The van der Waals surface area contributed by atoms with E-state index in [-0.39, 0.29) is 17.7 Å². The van der Waals surface area contributed by atoms with Crippen molar-refractivity contribution in [2.75, 3.05) is 19.4 Å². The first-order chi connectivity index (χ1) is 17.5. The minimum Gasteiger partial charge on any atom is -0.459 e. The fourth-order valence-corrected chi connectivity index (χ4v) is 3.89. The monoisotopic (exact) mass is 482 g/mol. The van der Waals surface area contributed by atoms with E-state index in [0.29, 0.717) is 18.8 Å². The van der Waals surface area contributed by atoms with Crippen molar-refractivity contribution in [1.82, 2.24) is 15.5 Å². The molecule has 3 aromatic carbocycles. The van der Waals surface area contributed by atoms with Crippen LogP contribution < -0.4 is 16.0 Å². The fourth-order valence-electron chi connectivity index (χ4n) is 3.89. The number of anilines is 1. The maximum Gasteiger partial charge on any atom is 0.315 e. The number of nitrogens with zero attached hydrogens (tertiary/aromatic N) is 1. The Morgan fingerprint density at radius 2 is 1.58 bits per heavy atom. The Bertz CT molecular complexity index is 1300. The van der Waals surface area contributed by atoms with E-state index >= 15 is 0 Å². The molecule has 0 aliphatic heterocycles. The highest BCUT2D eigenvalue weighted by molar-refractivity contribution is 6.02. The molecule has 0 bridgehead atoms. The molecule has 0 fully saturated rings. The van der Waals surface area contributed by atoms with Crippen molar-refractivity contribution in [2.45, 2.75) is 19.6 Å². The first-order valence-electron chi connectivity index (χ1n) is 11.8. The Hall–Kier alpha value is -4.36. The van der Waals surface area contributed by atoms with Crippen LogP contribution in [0.2, 0.25) is 0 Å². The standard InChI is InChI=1S/C29H30N4O3/c1-33(2)20-21-12-14-23(15-13-21)26-10-4-3-8-24(26)19-31-29(35)30-18-22-7-5-9-25(17-22)32-28(34)27-11-6-16-36-27/h3-17H,18-20H2,1-2H3,(H,32,34)(H2,30,31,35). The minimum absolute atomic E-state index is 0.239. The number of urea groups is 1. The van der Waals surface area contributed by atoms with Gasteiger partial charge in [0.2, 0.25) is 0 Å². The number of rotatable bonds is 9. The Balaban J connectivity index is 1.31. The molecule has 7 heteroatoms. The lowest BCUT2D eigenvalue weighted by Gasteiger charge is -2.13. The number of nitrogens with one attached hydrogen (secondary N) is 3. The van der Waals surface area contributed by atoms with Crippen molar-refractivity contribution in [3.63, 3.8) is 0 Å². The van der Waals surface area contributed by atoms with Crippen LogP contribution in [0.25, 0.3) is 11.1 Å². The zero-order chi connectivity index (χ0) is 25.3. The van der Waals surface area contributed by atoms with Crippen molar-refractivity contribution >= 4 is 17.6 Å². The summed E-state index contributed by atoms with van der Waals surface area (Å²) in [5, 5.41) is 8.61. The van der Waals surface area contributed by atoms with Crippen molar-refractivity contribution in [3.8, 4) is 11.1 Å². The van der Waals surface area contributed by atoms with Crippen LogP contribution in [0.5, 0.6) is 0 Å². The minimum atomic E-state index is -0.325. The third-order valence-electron chi connectivity index (χ3n) is 5.60. The first kappa shape index (κ1) is 24.8. The third kappa shape index (κ3) is 6.84. The summed E-state index contributed by atoms with van der Waals surface area (Å²) >= 11 is 0. The second kappa shape index (κ2) is 11.9. The SMILES string of the molecule is CN(C)Cc1ccc(-c2ccccc2CNC(=O)NCc2cccc(NC(=O)c3ccco3)c2)cc1. The zero-order valence-corrected chi connectivity index (χ0v) is 20.5. The predicted octanol–water partition coefficient (Wildman–Crippen LogP) is 5.26. The van der Waals surface area contributed by atoms with E-state index in [1.807, 2.05) is 36.4 Å². The summed E-state index contributed by atoms with van der Waals surface area (Å²) in [4.78, 5) is 26.8. The molecule has 36 heavy (non-hydrogen) atoms. The number of carbonyl (C=O) groups is 2. The van der Waals surface area contributed by atoms with Crippen LogP contribution in [0, 0.1) is 0 Å². The lowest BCUT2D eigenvalue weighted by molar-refractivity contribution is 0.0996. The maximum absolute atomic E-state index is 12.5. The maximum atomic E-state index is 12.5. The highest BCUT2D eigenvalue weighted by Crippen LogP contribution is 2.24. The molecule has 0 saturated carbocycles. The second-order valence-electron chi connectivity index (χ2n) is 8.76. The van der Waals surface area contributed by atoms with Gasteiger partial charge in [-0.15, -0.1) is 0 Å². The zero-order valence-electron chi connectivity index (χ0n) is 20.5.